The standard InChI is InChI=1S/C7H3BrOS3.Na/c8-4-5(9)6-3(1-2-11-6)12-7(4)10;/h1-2,10H;. The van der Waals surface area contributed by atoms with Crippen LogP contribution in [-0.4, -0.2) is 29.6 Å². The minimum atomic E-state index is 0. The van der Waals surface area contributed by atoms with Gasteiger partial charge in [-0.2, -0.15) is 0 Å². The van der Waals surface area contributed by atoms with E-state index in [1.807, 2.05) is 11.4 Å². The third-order valence-corrected chi connectivity index (χ3v) is 5.25. The van der Waals surface area contributed by atoms with Crippen LogP contribution in [0, 0.1) is 0 Å². The number of hydrogen-bond donors (Lipinski definition) is 1. The van der Waals surface area contributed by atoms with E-state index in [1.165, 1.54) is 22.7 Å². The summed E-state index contributed by atoms with van der Waals surface area (Å²) in [5, 5.41) is 1.92. The zero-order chi connectivity index (χ0) is 8.72. The Kier molecular flexibility index (Phi) is 4.50. The summed E-state index contributed by atoms with van der Waals surface area (Å²) in [5.41, 5.74) is 0.0451. The molecule has 63 valence electrons. The van der Waals surface area contributed by atoms with Crippen molar-refractivity contribution >= 4 is 90.2 Å². The summed E-state index contributed by atoms with van der Waals surface area (Å²) in [7, 11) is 0. The topological polar surface area (TPSA) is 17.1 Å². The molecule has 0 amide bonds. The van der Waals surface area contributed by atoms with Crippen molar-refractivity contribution in [2.24, 2.45) is 0 Å². The van der Waals surface area contributed by atoms with E-state index in [4.69, 9.17) is 0 Å². The maximum absolute atomic E-state index is 11.5. The Morgan fingerprint density at radius 3 is 2.85 bits per heavy atom. The van der Waals surface area contributed by atoms with Gasteiger partial charge in [-0.3, -0.25) is 4.79 Å². The smallest absolute Gasteiger partial charge is 0.213 e. The van der Waals surface area contributed by atoms with Gasteiger partial charge in [0, 0.05) is 29.6 Å². The second-order valence-corrected chi connectivity index (χ2v) is 5.68. The molecule has 13 heavy (non-hydrogen) atoms. The summed E-state index contributed by atoms with van der Waals surface area (Å²) in [6.07, 6.45) is 0. The molecule has 0 aliphatic rings. The summed E-state index contributed by atoms with van der Waals surface area (Å²) >= 11 is 10.4. The van der Waals surface area contributed by atoms with Gasteiger partial charge in [0.25, 0.3) is 0 Å². The largest absolute Gasteiger partial charge is 0.287 e. The van der Waals surface area contributed by atoms with Gasteiger partial charge in [0.15, 0.2) is 0 Å². The van der Waals surface area contributed by atoms with Crippen LogP contribution in [-0.2, 0) is 0 Å². The van der Waals surface area contributed by atoms with Crippen LogP contribution >= 0.6 is 51.2 Å². The molecule has 0 unspecified atom stereocenters. The molecule has 1 radical (unpaired) electrons. The minimum absolute atomic E-state index is 0. The van der Waals surface area contributed by atoms with Crippen LogP contribution in [0.25, 0.3) is 9.40 Å². The summed E-state index contributed by atoms with van der Waals surface area (Å²) in [4.78, 5) is 11.5. The van der Waals surface area contributed by atoms with Gasteiger partial charge in [-0.05, 0) is 27.4 Å². The van der Waals surface area contributed by atoms with Crippen LogP contribution in [0.4, 0.5) is 0 Å². The Balaban J connectivity index is 0.000000845. The first-order valence-electron chi connectivity index (χ1n) is 3.09. The van der Waals surface area contributed by atoms with Gasteiger partial charge < -0.3 is 0 Å². The van der Waals surface area contributed by atoms with Gasteiger partial charge in [0.2, 0.25) is 5.43 Å². The van der Waals surface area contributed by atoms with Crippen LogP contribution < -0.4 is 5.43 Å². The molecular weight excluding hydrogens is 299 g/mol. The van der Waals surface area contributed by atoms with E-state index in [1.54, 1.807) is 0 Å². The molecule has 0 aliphatic carbocycles. The number of thiophene rings is 1. The summed E-state index contributed by atoms with van der Waals surface area (Å²) in [6.45, 7) is 0. The second kappa shape index (κ2) is 4.79. The zero-order valence-corrected chi connectivity index (χ0v) is 12.8. The molecule has 0 aliphatic heterocycles. The predicted octanol–water partition coefficient (Wildman–Crippen LogP) is 2.99. The number of thiol groups is 1. The van der Waals surface area contributed by atoms with Crippen LogP contribution in [0.15, 0.2) is 24.9 Å². The predicted molar refractivity (Wildman–Crippen MR) is 66.7 cm³/mol. The van der Waals surface area contributed by atoms with Gasteiger partial charge in [0.1, 0.15) is 0 Å². The molecule has 0 atom stereocenters. The Morgan fingerprint density at radius 1 is 1.46 bits per heavy atom. The Morgan fingerprint density at radius 2 is 2.15 bits per heavy atom. The van der Waals surface area contributed by atoms with E-state index in [0.29, 0.717) is 4.47 Å². The summed E-state index contributed by atoms with van der Waals surface area (Å²) in [6, 6.07) is 1.94. The van der Waals surface area contributed by atoms with Crippen molar-refractivity contribution in [2.75, 3.05) is 0 Å². The average Bonchev–Trinajstić information content (AvgIpc) is 2.48. The van der Waals surface area contributed by atoms with Crippen molar-refractivity contribution in [3.05, 3.63) is 26.1 Å². The fourth-order valence-corrected chi connectivity index (χ4v) is 3.66. The van der Waals surface area contributed by atoms with Crippen molar-refractivity contribution < 1.29 is 0 Å². The van der Waals surface area contributed by atoms with Crippen molar-refractivity contribution in [3.63, 3.8) is 0 Å². The van der Waals surface area contributed by atoms with Gasteiger partial charge in [-0.15, -0.1) is 35.3 Å². The number of fused-ring (bicyclic) bond motifs is 1. The maximum Gasteiger partial charge on any atom is 0.213 e. The molecule has 2 aromatic heterocycles. The van der Waals surface area contributed by atoms with E-state index in [0.717, 1.165) is 13.6 Å². The number of rotatable bonds is 0. The van der Waals surface area contributed by atoms with E-state index >= 15 is 0 Å². The molecule has 0 spiro atoms. The molecule has 0 saturated heterocycles. The second-order valence-electron chi connectivity index (χ2n) is 2.16. The minimum Gasteiger partial charge on any atom is -0.287 e. The quantitative estimate of drug-likeness (QED) is 0.585. The third kappa shape index (κ3) is 2.22. The number of hydrogen-bond acceptors (Lipinski definition) is 4. The van der Waals surface area contributed by atoms with E-state index in [9.17, 15) is 4.79 Å². The zero-order valence-electron chi connectivity index (χ0n) is 6.70. The molecule has 0 aromatic carbocycles. The van der Waals surface area contributed by atoms with Crippen molar-refractivity contribution in [1.29, 1.82) is 0 Å². The molecule has 0 bridgehead atoms. The van der Waals surface area contributed by atoms with Crippen molar-refractivity contribution in [2.45, 2.75) is 4.21 Å². The average molecular weight is 302 g/mol. The first kappa shape index (κ1) is 12.2. The first-order valence-corrected chi connectivity index (χ1v) is 6.02. The van der Waals surface area contributed by atoms with E-state index in [2.05, 4.69) is 28.6 Å². The van der Waals surface area contributed by atoms with Gasteiger partial charge in [0.05, 0.1) is 18.1 Å². The van der Waals surface area contributed by atoms with Crippen LogP contribution in [0.3, 0.4) is 0 Å². The fraction of sp³-hybridized carbons (Fsp3) is 0. The van der Waals surface area contributed by atoms with Gasteiger partial charge in [-0.1, -0.05) is 0 Å². The molecule has 2 rings (SSSR count). The third-order valence-electron chi connectivity index (χ3n) is 1.43. The molecule has 1 nitrogen and oxygen atoms in total. The monoisotopic (exact) mass is 301 g/mol. The normalized spacial score (nSPS) is 10.0. The van der Waals surface area contributed by atoms with Crippen LogP contribution in [0.2, 0.25) is 0 Å². The summed E-state index contributed by atoms with van der Waals surface area (Å²) < 4.78 is 3.14. The Hall–Kier alpha value is 1.16. The molecule has 2 aromatic rings. The first-order chi connectivity index (χ1) is 5.70. The fourth-order valence-electron chi connectivity index (χ4n) is 0.889. The molecule has 2 heterocycles. The van der Waals surface area contributed by atoms with E-state index in [-0.39, 0.29) is 35.0 Å². The van der Waals surface area contributed by atoms with Gasteiger partial charge >= 0.3 is 0 Å². The molecule has 6 heteroatoms. The van der Waals surface area contributed by atoms with Crippen LogP contribution in [0.5, 0.6) is 0 Å². The Bertz CT molecular complexity index is 490. The number of halogens is 1. The SMILES string of the molecule is O=c1c(Br)c(S)sc2ccsc12.[Na]. The molecule has 0 N–H and O–H groups in total. The van der Waals surface area contributed by atoms with Crippen LogP contribution in [0.1, 0.15) is 0 Å². The Labute approximate surface area is 119 Å². The van der Waals surface area contributed by atoms with Crippen molar-refractivity contribution in [3.8, 4) is 0 Å². The molecule has 0 saturated carbocycles. The summed E-state index contributed by atoms with van der Waals surface area (Å²) in [5.74, 6) is 0. The molecular formula is C7H3BrNaOS3. The van der Waals surface area contributed by atoms with Gasteiger partial charge in [-0.25, -0.2) is 0 Å². The maximum atomic E-state index is 11.5. The van der Waals surface area contributed by atoms with Crippen molar-refractivity contribution in [1.82, 2.24) is 0 Å². The molecule has 0 fully saturated rings. The van der Waals surface area contributed by atoms with E-state index < -0.39 is 0 Å².